The largest absolute Gasteiger partial charge is 0.504 e. The van der Waals surface area contributed by atoms with Gasteiger partial charge in [0.2, 0.25) is 0 Å². The van der Waals surface area contributed by atoms with E-state index in [1.54, 1.807) is 30.8 Å². The Hall–Kier alpha value is -3.15. The van der Waals surface area contributed by atoms with Crippen molar-refractivity contribution in [3.05, 3.63) is 64.1 Å². The maximum Gasteiger partial charge on any atom is 0.255 e. The fraction of sp³-hybridized carbons (Fsp3) is 0.318. The molecule has 0 radical (unpaired) electrons. The van der Waals surface area contributed by atoms with Crippen molar-refractivity contribution >= 4 is 17.3 Å². The molecule has 1 N–H and O–H groups in total. The van der Waals surface area contributed by atoms with Crippen LogP contribution < -0.4 is 0 Å². The Bertz CT molecular complexity index is 1080. The predicted molar refractivity (Wildman–Crippen MR) is 108 cm³/mol. The highest BCUT2D eigenvalue weighted by Crippen LogP contribution is 2.30. The molecule has 3 aromatic rings. The van der Waals surface area contributed by atoms with Gasteiger partial charge in [0.05, 0.1) is 11.3 Å². The topological polar surface area (TPSA) is 74.9 Å². The Morgan fingerprint density at radius 2 is 1.79 bits per heavy atom. The minimum atomic E-state index is -0.221. The molecule has 28 heavy (non-hydrogen) atoms. The molecule has 0 aliphatic carbocycles. The quantitative estimate of drug-likeness (QED) is 0.689. The number of hydrogen-bond acceptors (Lipinski definition) is 4. The molecular weight excluding hydrogens is 354 g/mol. The molecule has 6 heteroatoms. The summed E-state index contributed by atoms with van der Waals surface area (Å²) in [5.74, 6) is -0.279. The number of pyridine rings is 1. The van der Waals surface area contributed by atoms with E-state index in [0.717, 1.165) is 17.0 Å². The smallest absolute Gasteiger partial charge is 0.255 e. The van der Waals surface area contributed by atoms with Crippen LogP contribution in [0.3, 0.4) is 0 Å². The highest BCUT2D eigenvalue weighted by molar-refractivity contribution is 5.99. The van der Waals surface area contributed by atoms with E-state index in [9.17, 15) is 14.7 Å². The van der Waals surface area contributed by atoms with E-state index in [1.807, 2.05) is 39.0 Å². The maximum absolute atomic E-state index is 12.7. The van der Waals surface area contributed by atoms with E-state index in [4.69, 9.17) is 0 Å². The van der Waals surface area contributed by atoms with Gasteiger partial charge in [-0.15, -0.1) is 0 Å². The molecule has 0 saturated carbocycles. The van der Waals surface area contributed by atoms with Crippen LogP contribution in [0.15, 0.2) is 30.5 Å². The summed E-state index contributed by atoms with van der Waals surface area (Å²) >= 11 is 0. The Labute approximate surface area is 164 Å². The number of nitrogens with zero attached hydrogens (tertiary/aromatic N) is 3. The molecule has 0 saturated heterocycles. The van der Waals surface area contributed by atoms with E-state index < -0.39 is 0 Å². The number of Topliss-reactive ketones (excluding diaryl/α,β-unsaturated/α-hetero) is 1. The van der Waals surface area contributed by atoms with Crippen molar-refractivity contribution in [3.63, 3.8) is 0 Å². The van der Waals surface area contributed by atoms with Crippen LogP contribution in [0, 0.1) is 20.8 Å². The van der Waals surface area contributed by atoms with E-state index in [-0.39, 0.29) is 30.3 Å². The zero-order valence-electron chi connectivity index (χ0n) is 16.9. The Morgan fingerprint density at radius 1 is 1.11 bits per heavy atom. The molecule has 1 amide bonds. The number of imidazole rings is 1. The lowest BCUT2D eigenvalue weighted by molar-refractivity contribution is 0.0824. The van der Waals surface area contributed by atoms with E-state index in [0.29, 0.717) is 22.3 Å². The minimum Gasteiger partial charge on any atom is -0.504 e. The molecule has 0 aliphatic heterocycles. The van der Waals surface area contributed by atoms with Crippen LogP contribution in [0.25, 0.3) is 5.65 Å². The molecule has 0 bridgehead atoms. The number of aromatic hydroxyl groups is 1. The molecule has 6 nitrogen and oxygen atoms in total. The van der Waals surface area contributed by atoms with Gasteiger partial charge in [0, 0.05) is 43.5 Å². The third kappa shape index (κ3) is 3.38. The van der Waals surface area contributed by atoms with Gasteiger partial charge >= 0.3 is 0 Å². The lowest BCUT2D eigenvalue weighted by atomic mass is 9.97. The summed E-state index contributed by atoms with van der Waals surface area (Å²) < 4.78 is 1.73. The van der Waals surface area contributed by atoms with Crippen LogP contribution >= 0.6 is 0 Å². The minimum absolute atomic E-state index is 0.0173. The SMILES string of the molecule is Cc1ccccc1C(=O)CCc1c(C(=O)N(C)C)cn2c(C)c(C)nc2c1O. The number of benzene rings is 1. The van der Waals surface area contributed by atoms with Crippen LogP contribution in [0.1, 0.15) is 49.7 Å². The fourth-order valence-electron chi connectivity index (χ4n) is 3.36. The molecule has 1 aromatic carbocycles. The van der Waals surface area contributed by atoms with Crippen molar-refractivity contribution in [3.8, 4) is 5.75 Å². The van der Waals surface area contributed by atoms with Crippen LogP contribution in [0.4, 0.5) is 0 Å². The third-order valence-corrected chi connectivity index (χ3v) is 5.15. The van der Waals surface area contributed by atoms with Crippen molar-refractivity contribution in [2.24, 2.45) is 0 Å². The molecule has 0 atom stereocenters. The zero-order valence-corrected chi connectivity index (χ0v) is 16.9. The Morgan fingerprint density at radius 3 is 2.43 bits per heavy atom. The lowest BCUT2D eigenvalue weighted by Gasteiger charge is -2.16. The van der Waals surface area contributed by atoms with Crippen LogP contribution in [0.2, 0.25) is 0 Å². The molecule has 0 spiro atoms. The Balaban J connectivity index is 2.04. The van der Waals surface area contributed by atoms with Gasteiger partial charge in [0.25, 0.3) is 5.91 Å². The highest BCUT2D eigenvalue weighted by atomic mass is 16.3. The monoisotopic (exact) mass is 379 g/mol. The van der Waals surface area contributed by atoms with Crippen molar-refractivity contribution in [1.82, 2.24) is 14.3 Å². The third-order valence-electron chi connectivity index (χ3n) is 5.15. The van der Waals surface area contributed by atoms with Gasteiger partial charge in [0.15, 0.2) is 17.2 Å². The number of carbonyl (C=O) groups is 2. The number of hydrogen-bond donors (Lipinski definition) is 1. The van der Waals surface area contributed by atoms with E-state index >= 15 is 0 Å². The Kier molecular flexibility index (Phi) is 5.23. The van der Waals surface area contributed by atoms with Gasteiger partial charge < -0.3 is 14.4 Å². The standard InChI is InChI=1S/C22H25N3O3/c1-13-8-6-7-9-16(13)19(26)11-10-17-18(22(28)24(4)5)12-25-15(3)14(2)23-21(25)20(17)27/h6-9,12,27H,10-11H2,1-5H3. The summed E-state index contributed by atoms with van der Waals surface area (Å²) in [6.45, 7) is 5.64. The van der Waals surface area contributed by atoms with Gasteiger partial charge in [-0.3, -0.25) is 9.59 Å². The van der Waals surface area contributed by atoms with Crippen molar-refractivity contribution in [1.29, 1.82) is 0 Å². The second-order valence-corrected chi connectivity index (χ2v) is 7.28. The second kappa shape index (κ2) is 7.46. The van der Waals surface area contributed by atoms with Crippen molar-refractivity contribution in [2.75, 3.05) is 14.1 Å². The van der Waals surface area contributed by atoms with Gasteiger partial charge in [-0.05, 0) is 32.8 Å². The van der Waals surface area contributed by atoms with E-state index in [1.165, 1.54) is 4.90 Å². The molecule has 3 rings (SSSR count). The van der Waals surface area contributed by atoms with E-state index in [2.05, 4.69) is 4.98 Å². The fourth-order valence-corrected chi connectivity index (χ4v) is 3.36. The zero-order chi connectivity index (χ0) is 20.6. The summed E-state index contributed by atoms with van der Waals surface area (Å²) in [7, 11) is 3.33. The summed E-state index contributed by atoms with van der Waals surface area (Å²) in [6.07, 6.45) is 2.16. The number of ketones is 1. The molecule has 2 heterocycles. The van der Waals surface area contributed by atoms with Crippen LogP contribution in [0.5, 0.6) is 5.75 Å². The second-order valence-electron chi connectivity index (χ2n) is 7.28. The summed E-state index contributed by atoms with van der Waals surface area (Å²) in [5.41, 5.74) is 4.47. The molecular formula is C22H25N3O3. The number of amides is 1. The molecule has 0 unspecified atom stereocenters. The van der Waals surface area contributed by atoms with Crippen LogP contribution in [-0.4, -0.2) is 45.2 Å². The van der Waals surface area contributed by atoms with Gasteiger partial charge in [0.1, 0.15) is 0 Å². The normalized spacial score (nSPS) is 11.0. The first-order chi connectivity index (χ1) is 13.2. The number of rotatable bonds is 5. The molecule has 2 aromatic heterocycles. The summed E-state index contributed by atoms with van der Waals surface area (Å²) in [4.78, 5) is 31.3. The molecule has 0 aliphatic rings. The van der Waals surface area contributed by atoms with Crippen molar-refractivity contribution in [2.45, 2.75) is 33.6 Å². The van der Waals surface area contributed by atoms with Crippen molar-refractivity contribution < 1.29 is 14.7 Å². The summed E-state index contributed by atoms with van der Waals surface area (Å²) in [5, 5.41) is 10.9. The number of fused-ring (bicyclic) bond motifs is 1. The molecule has 0 fully saturated rings. The van der Waals surface area contributed by atoms with Gasteiger partial charge in [-0.1, -0.05) is 24.3 Å². The number of carbonyl (C=O) groups excluding carboxylic acids is 2. The average molecular weight is 379 g/mol. The average Bonchev–Trinajstić information content (AvgIpc) is 2.95. The van der Waals surface area contributed by atoms with Gasteiger partial charge in [-0.2, -0.15) is 0 Å². The first kappa shape index (κ1) is 19.6. The lowest BCUT2D eigenvalue weighted by Crippen LogP contribution is -2.24. The highest BCUT2D eigenvalue weighted by Gasteiger charge is 2.23. The number of aryl methyl sites for hydroxylation is 3. The first-order valence-corrected chi connectivity index (χ1v) is 9.23. The van der Waals surface area contributed by atoms with Crippen LogP contribution in [-0.2, 0) is 6.42 Å². The molecule has 146 valence electrons. The first-order valence-electron chi connectivity index (χ1n) is 9.23. The maximum atomic E-state index is 12.7. The van der Waals surface area contributed by atoms with Gasteiger partial charge in [-0.25, -0.2) is 4.98 Å². The summed E-state index contributed by atoms with van der Waals surface area (Å²) in [6, 6.07) is 7.42. The predicted octanol–water partition coefficient (Wildman–Crippen LogP) is 3.48. The number of aromatic nitrogens is 2.